The van der Waals surface area contributed by atoms with Crippen LogP contribution in [0.15, 0.2) is 10.9 Å². The Bertz CT molecular complexity index is 916. The van der Waals surface area contributed by atoms with Gasteiger partial charge in [-0.25, -0.2) is 9.50 Å². The highest BCUT2D eigenvalue weighted by Gasteiger charge is 2.37. The predicted octanol–water partition coefficient (Wildman–Crippen LogP) is 2.51. The van der Waals surface area contributed by atoms with Gasteiger partial charge in [0.25, 0.3) is 5.56 Å². The van der Waals surface area contributed by atoms with Crippen molar-refractivity contribution >= 4 is 11.6 Å². The summed E-state index contributed by atoms with van der Waals surface area (Å²) < 4.78 is 7.00. The first kappa shape index (κ1) is 18.2. The largest absolute Gasteiger partial charge is 0.381 e. The summed E-state index contributed by atoms with van der Waals surface area (Å²) in [6, 6.07) is 1.91. The molecule has 4 rings (SSSR count). The molecular weight excluding hydrogens is 344 g/mol. The number of aryl methyl sites for hydroxylation is 1. The van der Waals surface area contributed by atoms with Crippen LogP contribution in [0.5, 0.6) is 0 Å². The average molecular weight is 372 g/mol. The van der Waals surface area contributed by atoms with Crippen LogP contribution in [0.4, 0.5) is 0 Å². The minimum atomic E-state index is -0.0742. The Morgan fingerprint density at radius 1 is 1.26 bits per heavy atom. The van der Waals surface area contributed by atoms with Gasteiger partial charge in [-0.15, -0.1) is 0 Å². The molecule has 1 saturated heterocycles. The van der Waals surface area contributed by atoms with Gasteiger partial charge in [0.2, 0.25) is 5.91 Å². The van der Waals surface area contributed by atoms with Crippen LogP contribution in [0, 0.1) is 19.8 Å². The first-order valence-electron chi connectivity index (χ1n) is 9.91. The number of aromatic nitrogens is 3. The van der Waals surface area contributed by atoms with Crippen LogP contribution in [-0.4, -0.2) is 45.2 Å². The molecule has 3 heterocycles. The third kappa shape index (κ3) is 3.18. The fraction of sp³-hybridized carbons (Fsp3) is 0.650. The smallest absolute Gasteiger partial charge is 0.275 e. The highest BCUT2D eigenvalue weighted by Crippen LogP contribution is 2.36. The monoisotopic (exact) mass is 372 g/mol. The van der Waals surface area contributed by atoms with Crippen LogP contribution in [0.2, 0.25) is 0 Å². The molecule has 0 aromatic carbocycles. The summed E-state index contributed by atoms with van der Waals surface area (Å²) in [6.07, 6.45) is 5.91. The third-order valence-electron chi connectivity index (χ3n) is 6.31. The maximum Gasteiger partial charge on any atom is 0.275 e. The minimum absolute atomic E-state index is 0.0119. The van der Waals surface area contributed by atoms with Crippen molar-refractivity contribution in [2.24, 2.45) is 5.92 Å². The third-order valence-corrected chi connectivity index (χ3v) is 6.31. The maximum atomic E-state index is 13.2. The van der Waals surface area contributed by atoms with E-state index in [1.165, 1.54) is 4.52 Å². The molecule has 2 aromatic heterocycles. The number of carbonyl (C=O) groups excluding carboxylic acids is 1. The van der Waals surface area contributed by atoms with Crippen molar-refractivity contribution in [1.29, 1.82) is 0 Å². The fourth-order valence-electron chi connectivity index (χ4n) is 4.58. The molecule has 7 heteroatoms. The van der Waals surface area contributed by atoms with Crippen molar-refractivity contribution in [3.05, 3.63) is 33.4 Å². The van der Waals surface area contributed by atoms with Gasteiger partial charge in [-0.1, -0.05) is 6.42 Å². The number of nitrogens with one attached hydrogen (secondary N) is 1. The zero-order chi connectivity index (χ0) is 19.1. The second-order valence-corrected chi connectivity index (χ2v) is 7.94. The summed E-state index contributed by atoms with van der Waals surface area (Å²) >= 11 is 0. The normalized spacial score (nSPS) is 26.0. The van der Waals surface area contributed by atoms with E-state index in [2.05, 4.69) is 10.1 Å². The van der Waals surface area contributed by atoms with Crippen molar-refractivity contribution in [2.75, 3.05) is 13.7 Å². The Morgan fingerprint density at radius 3 is 2.85 bits per heavy atom. The van der Waals surface area contributed by atoms with E-state index < -0.39 is 0 Å². The van der Waals surface area contributed by atoms with Gasteiger partial charge >= 0.3 is 0 Å². The first-order chi connectivity index (χ1) is 13.0. The Balaban J connectivity index is 1.61. The maximum absolute atomic E-state index is 13.2. The van der Waals surface area contributed by atoms with Gasteiger partial charge in [-0.3, -0.25) is 14.7 Å². The van der Waals surface area contributed by atoms with Gasteiger partial charge in [0.1, 0.15) is 0 Å². The number of nitrogens with zero attached hydrogens (tertiary/aromatic N) is 3. The van der Waals surface area contributed by atoms with E-state index >= 15 is 0 Å². The molecule has 2 aromatic rings. The minimum Gasteiger partial charge on any atom is -0.381 e. The molecule has 3 atom stereocenters. The zero-order valence-corrected chi connectivity index (χ0v) is 16.3. The molecular formula is C20H28N4O3. The lowest BCUT2D eigenvalue weighted by atomic mass is 9.86. The highest BCUT2D eigenvalue weighted by atomic mass is 16.5. The number of ether oxygens (including phenoxy) is 1. The number of likely N-dealkylation sites (tertiary alicyclic amines) is 1. The Morgan fingerprint density at radius 2 is 2.07 bits per heavy atom. The second kappa shape index (κ2) is 7.11. The van der Waals surface area contributed by atoms with Crippen molar-refractivity contribution in [2.45, 2.75) is 64.5 Å². The molecule has 0 radical (unpaired) electrons. The predicted molar refractivity (Wildman–Crippen MR) is 102 cm³/mol. The second-order valence-electron chi connectivity index (χ2n) is 7.94. The number of fused-ring (bicyclic) bond motifs is 1. The summed E-state index contributed by atoms with van der Waals surface area (Å²) in [6.45, 7) is 4.41. The van der Waals surface area contributed by atoms with Crippen LogP contribution >= 0.6 is 0 Å². The van der Waals surface area contributed by atoms with Crippen molar-refractivity contribution < 1.29 is 9.53 Å². The number of H-pyrrole nitrogens is 1. The van der Waals surface area contributed by atoms with E-state index in [-0.39, 0.29) is 29.5 Å². The number of methoxy groups -OCH3 is 1. The molecule has 1 aliphatic heterocycles. The number of aromatic amines is 1. The van der Waals surface area contributed by atoms with Crippen molar-refractivity contribution in [3.8, 4) is 0 Å². The summed E-state index contributed by atoms with van der Waals surface area (Å²) in [7, 11) is 1.73. The van der Waals surface area contributed by atoms with Gasteiger partial charge in [0, 0.05) is 36.9 Å². The van der Waals surface area contributed by atoms with Crippen LogP contribution in [0.1, 0.15) is 61.5 Å². The van der Waals surface area contributed by atoms with E-state index in [1.54, 1.807) is 14.0 Å². The summed E-state index contributed by atoms with van der Waals surface area (Å²) in [4.78, 5) is 32.2. The molecule has 7 nitrogen and oxygen atoms in total. The molecule has 2 aliphatic rings. The standard InChI is InChI=1S/C20H28N4O3/c1-12-13(2)21-18-11-16(22-24(18)19(12)25)17-8-5-9-23(17)20(26)14-6-4-7-15(10-14)27-3/h11,14-15,17,22H,4-10H2,1-3H3/t14-,15-,17-/m0/s1. The molecule has 2 fully saturated rings. The Labute approximate surface area is 158 Å². The number of rotatable bonds is 3. The van der Waals surface area contributed by atoms with Gasteiger partial charge in [0.15, 0.2) is 5.65 Å². The van der Waals surface area contributed by atoms with Crippen molar-refractivity contribution in [1.82, 2.24) is 19.5 Å². The van der Waals surface area contributed by atoms with Crippen molar-refractivity contribution in [3.63, 3.8) is 0 Å². The van der Waals surface area contributed by atoms with E-state index in [9.17, 15) is 9.59 Å². The van der Waals surface area contributed by atoms with Crippen LogP contribution in [-0.2, 0) is 9.53 Å². The average Bonchev–Trinajstić information content (AvgIpc) is 3.32. The van der Waals surface area contributed by atoms with Crippen LogP contribution in [0.25, 0.3) is 5.65 Å². The highest BCUT2D eigenvalue weighted by molar-refractivity contribution is 5.79. The zero-order valence-electron chi connectivity index (χ0n) is 16.3. The quantitative estimate of drug-likeness (QED) is 0.898. The van der Waals surface area contributed by atoms with Gasteiger partial charge < -0.3 is 9.64 Å². The van der Waals surface area contributed by atoms with E-state index in [4.69, 9.17) is 4.74 Å². The van der Waals surface area contributed by atoms with Gasteiger partial charge in [-0.05, 0) is 46.0 Å². The molecule has 1 saturated carbocycles. The molecule has 0 unspecified atom stereocenters. The van der Waals surface area contributed by atoms with Crippen LogP contribution < -0.4 is 5.56 Å². The van der Waals surface area contributed by atoms with Crippen LogP contribution in [0.3, 0.4) is 0 Å². The molecule has 1 aliphatic carbocycles. The number of hydrogen-bond acceptors (Lipinski definition) is 4. The van der Waals surface area contributed by atoms with E-state index in [1.807, 2.05) is 17.9 Å². The number of hydrogen-bond donors (Lipinski definition) is 1. The number of carbonyl (C=O) groups is 1. The molecule has 1 N–H and O–H groups in total. The Hall–Kier alpha value is -2.15. The molecule has 0 spiro atoms. The molecule has 146 valence electrons. The first-order valence-corrected chi connectivity index (χ1v) is 9.91. The summed E-state index contributed by atoms with van der Waals surface area (Å²) in [5.41, 5.74) is 2.84. The fourth-order valence-corrected chi connectivity index (χ4v) is 4.58. The lowest BCUT2D eigenvalue weighted by Crippen LogP contribution is -2.39. The lowest BCUT2D eigenvalue weighted by Gasteiger charge is -2.32. The molecule has 1 amide bonds. The Kier molecular flexibility index (Phi) is 4.80. The van der Waals surface area contributed by atoms with Gasteiger partial charge in [-0.2, -0.15) is 0 Å². The molecule has 0 bridgehead atoms. The lowest BCUT2D eigenvalue weighted by molar-refractivity contribution is -0.139. The topological polar surface area (TPSA) is 79.7 Å². The summed E-state index contributed by atoms with van der Waals surface area (Å²) in [5.74, 6) is 0.268. The molecule has 27 heavy (non-hydrogen) atoms. The van der Waals surface area contributed by atoms with Gasteiger partial charge in [0.05, 0.1) is 17.8 Å². The summed E-state index contributed by atoms with van der Waals surface area (Å²) in [5, 5.41) is 3.20. The number of amides is 1. The van der Waals surface area contributed by atoms with E-state index in [0.717, 1.165) is 56.5 Å². The van der Waals surface area contributed by atoms with E-state index in [0.29, 0.717) is 11.2 Å². The SMILES string of the molecule is CO[C@H]1CCC[C@H](C(=O)N2CCC[C@H]2c2cc3nc(C)c(C)c(=O)n3[nH]2)C1.